The monoisotopic (exact) mass is 434 g/mol. The zero-order valence-electron chi connectivity index (χ0n) is 15.4. The highest BCUT2D eigenvalue weighted by Gasteiger charge is 2.64. The number of ether oxygens (including phenoxy) is 2. The molecule has 0 aromatic carbocycles. The van der Waals surface area contributed by atoms with Gasteiger partial charge in [0.25, 0.3) is 0 Å². The molecule has 0 aromatic rings. The van der Waals surface area contributed by atoms with Crippen LogP contribution in [-0.2, 0) is 19.1 Å². The maximum absolute atomic E-state index is 12.4. The van der Waals surface area contributed by atoms with E-state index in [-0.39, 0.29) is 36.1 Å². The average molecular weight is 435 g/mol. The molecule has 0 amide bonds. The van der Waals surface area contributed by atoms with Crippen molar-refractivity contribution in [2.24, 2.45) is 17.8 Å². The Morgan fingerprint density at radius 2 is 2.07 bits per heavy atom. The Morgan fingerprint density at radius 1 is 1.43 bits per heavy atom. The smallest absolute Gasteiger partial charge is 0.339 e. The minimum Gasteiger partial charge on any atom is -0.459 e. The fraction of sp³-hybridized carbons (Fsp3) is 0.684. The van der Waals surface area contributed by atoms with Crippen molar-refractivity contribution in [1.29, 1.82) is 0 Å². The normalized spacial score (nSPS) is 42.3. The number of fused-ring (bicyclic) bond motifs is 3. The Labute approximate surface area is 172 Å². The van der Waals surface area contributed by atoms with E-state index in [1.807, 2.05) is 0 Å². The van der Waals surface area contributed by atoms with Crippen LogP contribution in [-0.4, -0.2) is 68.5 Å². The number of hydrogen-bond donors (Lipinski definition) is 3. The van der Waals surface area contributed by atoms with Crippen molar-refractivity contribution in [3.05, 3.63) is 24.3 Å². The maximum Gasteiger partial charge on any atom is 0.339 e. The van der Waals surface area contributed by atoms with Gasteiger partial charge in [-0.3, -0.25) is 0 Å². The van der Waals surface area contributed by atoms with Gasteiger partial charge >= 0.3 is 11.9 Å². The van der Waals surface area contributed by atoms with Crippen LogP contribution in [0.15, 0.2) is 24.3 Å². The first-order chi connectivity index (χ1) is 13.0. The molecule has 1 saturated heterocycles. The summed E-state index contributed by atoms with van der Waals surface area (Å²) in [6, 6.07) is 0. The predicted octanol–water partition coefficient (Wildman–Crippen LogP) is 0.913. The van der Waals surface area contributed by atoms with Gasteiger partial charge in [0.15, 0.2) is 5.60 Å². The molecule has 0 unspecified atom stereocenters. The largest absolute Gasteiger partial charge is 0.459 e. The number of hydrogen-bond acceptors (Lipinski definition) is 7. The molecule has 8 atom stereocenters. The van der Waals surface area contributed by atoms with Crippen LogP contribution in [0.2, 0.25) is 0 Å². The van der Waals surface area contributed by atoms with Gasteiger partial charge in [-0.2, -0.15) is 0 Å². The lowest BCUT2D eigenvalue weighted by Crippen LogP contribution is -2.52. The van der Waals surface area contributed by atoms with E-state index in [2.05, 4.69) is 13.2 Å². The summed E-state index contributed by atoms with van der Waals surface area (Å²) in [5, 5.41) is 31.6. The van der Waals surface area contributed by atoms with Gasteiger partial charge in [0, 0.05) is 17.9 Å². The van der Waals surface area contributed by atoms with Gasteiger partial charge in [-0.05, 0) is 19.3 Å². The van der Waals surface area contributed by atoms with Gasteiger partial charge < -0.3 is 24.8 Å². The average Bonchev–Trinajstić information content (AvgIpc) is 3.04. The number of halogens is 2. The van der Waals surface area contributed by atoms with E-state index in [0.717, 1.165) is 0 Å². The topological polar surface area (TPSA) is 113 Å². The summed E-state index contributed by atoms with van der Waals surface area (Å²) >= 11 is 11.6. The SMILES string of the molecule is C=C1C(=O)O[C@H]2[C@H]1[C@@H](OC(=O)[C@](C)(O)CCl)CC(=C)[C@@H]1C[C@@H](O)[C@](O)(CCl)[C@H]21. The Hall–Kier alpha value is -1.12. The third-order valence-electron chi connectivity index (χ3n) is 6.24. The Morgan fingerprint density at radius 3 is 2.64 bits per heavy atom. The molecule has 9 heteroatoms. The highest BCUT2D eigenvalue weighted by molar-refractivity contribution is 6.20. The first-order valence-corrected chi connectivity index (χ1v) is 10.1. The number of aliphatic hydroxyl groups is 3. The van der Waals surface area contributed by atoms with Crippen LogP contribution >= 0.6 is 23.2 Å². The Bertz CT molecular complexity index is 721. The quantitative estimate of drug-likeness (QED) is 0.260. The number of alkyl halides is 2. The molecule has 0 spiro atoms. The van der Waals surface area contributed by atoms with E-state index in [4.69, 9.17) is 32.7 Å². The van der Waals surface area contributed by atoms with Crippen molar-refractivity contribution >= 4 is 35.1 Å². The van der Waals surface area contributed by atoms with Crippen LogP contribution in [0.4, 0.5) is 0 Å². The highest BCUT2D eigenvalue weighted by Crippen LogP contribution is 2.55. The van der Waals surface area contributed by atoms with Gasteiger partial charge in [-0.1, -0.05) is 18.7 Å². The summed E-state index contributed by atoms with van der Waals surface area (Å²) in [5.74, 6) is -4.11. The van der Waals surface area contributed by atoms with Crippen molar-refractivity contribution in [3.8, 4) is 0 Å². The lowest BCUT2D eigenvalue weighted by Gasteiger charge is -2.37. The number of rotatable bonds is 4. The molecule has 3 aliphatic rings. The summed E-state index contributed by atoms with van der Waals surface area (Å²) in [6.07, 6.45) is -2.54. The summed E-state index contributed by atoms with van der Waals surface area (Å²) in [6.45, 7) is 9.05. The Balaban J connectivity index is 2.01. The number of esters is 2. The summed E-state index contributed by atoms with van der Waals surface area (Å²) in [5.41, 5.74) is -2.87. The van der Waals surface area contributed by atoms with E-state index < -0.39 is 53.3 Å². The molecule has 7 nitrogen and oxygen atoms in total. The van der Waals surface area contributed by atoms with Crippen molar-refractivity contribution in [1.82, 2.24) is 0 Å². The lowest BCUT2D eigenvalue weighted by atomic mass is 9.76. The molecule has 28 heavy (non-hydrogen) atoms. The molecule has 3 rings (SSSR count). The Kier molecular flexibility index (Phi) is 5.62. The minimum absolute atomic E-state index is 0.0973. The van der Waals surface area contributed by atoms with E-state index >= 15 is 0 Å². The van der Waals surface area contributed by atoms with Gasteiger partial charge in [-0.25, -0.2) is 9.59 Å². The van der Waals surface area contributed by atoms with Gasteiger partial charge in [0.2, 0.25) is 0 Å². The zero-order valence-corrected chi connectivity index (χ0v) is 16.9. The maximum atomic E-state index is 12.4. The first kappa shape index (κ1) is 21.6. The second-order valence-electron chi connectivity index (χ2n) is 8.14. The lowest BCUT2D eigenvalue weighted by molar-refractivity contribution is -0.172. The third kappa shape index (κ3) is 3.17. The first-order valence-electron chi connectivity index (χ1n) is 9.01. The van der Waals surface area contributed by atoms with E-state index in [1.54, 1.807) is 0 Å². The molecule has 0 aromatic heterocycles. The van der Waals surface area contributed by atoms with Crippen molar-refractivity contribution in [3.63, 3.8) is 0 Å². The molecule has 3 fully saturated rings. The molecule has 1 heterocycles. The van der Waals surface area contributed by atoms with E-state index in [1.165, 1.54) is 6.92 Å². The number of carbonyl (C=O) groups is 2. The molecule has 0 bridgehead atoms. The fourth-order valence-corrected chi connectivity index (χ4v) is 5.05. The number of carbonyl (C=O) groups excluding carboxylic acids is 2. The van der Waals surface area contributed by atoms with Crippen LogP contribution in [0, 0.1) is 17.8 Å². The van der Waals surface area contributed by atoms with Crippen molar-refractivity contribution < 1.29 is 34.4 Å². The van der Waals surface area contributed by atoms with Crippen LogP contribution in [0.1, 0.15) is 19.8 Å². The number of aliphatic hydroxyl groups excluding tert-OH is 1. The third-order valence-corrected chi connectivity index (χ3v) is 7.19. The van der Waals surface area contributed by atoms with Crippen LogP contribution in [0.3, 0.4) is 0 Å². The predicted molar refractivity (Wildman–Crippen MR) is 101 cm³/mol. The highest BCUT2D eigenvalue weighted by atomic mass is 35.5. The van der Waals surface area contributed by atoms with Gasteiger partial charge in [0.1, 0.15) is 17.8 Å². The van der Waals surface area contributed by atoms with E-state index in [0.29, 0.717) is 5.57 Å². The standard InChI is InChI=1S/C19H24Cl2O7/c1-8-4-11(27-17(24)18(3,25)6-20)13-9(2)16(23)28-15(13)14-10(8)5-12(22)19(14,26)7-21/h10-15,22,25-26H,1-2,4-7H2,3H3/t10-,11-,12+,13+,14-,15-,18+,19+/m0/s1. The fourth-order valence-electron chi connectivity index (χ4n) is 4.58. The second kappa shape index (κ2) is 7.29. The second-order valence-corrected chi connectivity index (χ2v) is 8.68. The van der Waals surface area contributed by atoms with Crippen LogP contribution in [0.5, 0.6) is 0 Å². The summed E-state index contributed by atoms with van der Waals surface area (Å²) in [4.78, 5) is 24.6. The molecule has 0 radical (unpaired) electrons. The molecule has 1 aliphatic heterocycles. The van der Waals surface area contributed by atoms with Gasteiger partial charge in [0.05, 0.1) is 23.8 Å². The van der Waals surface area contributed by atoms with Crippen LogP contribution < -0.4 is 0 Å². The summed E-state index contributed by atoms with van der Waals surface area (Å²) < 4.78 is 11.0. The van der Waals surface area contributed by atoms with E-state index in [9.17, 15) is 24.9 Å². The minimum atomic E-state index is -1.90. The molecule has 3 N–H and O–H groups in total. The molecule has 156 valence electrons. The van der Waals surface area contributed by atoms with Gasteiger partial charge in [-0.15, -0.1) is 23.2 Å². The summed E-state index contributed by atoms with van der Waals surface area (Å²) in [7, 11) is 0. The molecule has 2 aliphatic carbocycles. The molecular formula is C19H24Cl2O7. The van der Waals surface area contributed by atoms with Crippen molar-refractivity contribution in [2.45, 2.75) is 49.3 Å². The molecular weight excluding hydrogens is 411 g/mol. The van der Waals surface area contributed by atoms with Crippen molar-refractivity contribution in [2.75, 3.05) is 11.8 Å². The van der Waals surface area contributed by atoms with Crippen LogP contribution in [0.25, 0.3) is 0 Å². The molecule has 2 saturated carbocycles. The zero-order chi connectivity index (χ0) is 21.0.